The molecule has 2 N–H and O–H groups in total. The Hall–Kier alpha value is -1.11. The molecule has 0 amide bonds. The highest BCUT2D eigenvalue weighted by Crippen LogP contribution is 2.28. The maximum absolute atomic E-state index is 5.91. The van der Waals surface area contributed by atoms with E-state index in [1.165, 1.54) is 11.3 Å². The summed E-state index contributed by atoms with van der Waals surface area (Å²) >= 11 is 7.45. The SMILES string of the molecule is CC(C)NCc1nnc(NC(C)c2ccc(Cl)s2)o1. The highest BCUT2D eigenvalue weighted by atomic mass is 35.5. The molecule has 0 aliphatic heterocycles. The molecule has 0 bridgehead atoms. The van der Waals surface area contributed by atoms with E-state index < -0.39 is 0 Å². The van der Waals surface area contributed by atoms with E-state index in [1.54, 1.807) is 0 Å². The Balaban J connectivity index is 1.92. The molecule has 2 heterocycles. The molecule has 0 spiro atoms. The van der Waals surface area contributed by atoms with E-state index in [9.17, 15) is 0 Å². The molecule has 0 saturated heterocycles. The molecule has 7 heteroatoms. The number of rotatable bonds is 6. The molecule has 0 aliphatic rings. The van der Waals surface area contributed by atoms with Crippen LogP contribution in [0, 0.1) is 0 Å². The summed E-state index contributed by atoms with van der Waals surface area (Å²) in [4.78, 5) is 1.13. The van der Waals surface area contributed by atoms with Gasteiger partial charge >= 0.3 is 6.01 Å². The van der Waals surface area contributed by atoms with Crippen LogP contribution < -0.4 is 10.6 Å². The third-order valence-electron chi connectivity index (χ3n) is 2.49. The number of nitrogens with zero attached hydrogens (tertiary/aromatic N) is 2. The van der Waals surface area contributed by atoms with Crippen LogP contribution in [-0.4, -0.2) is 16.2 Å². The van der Waals surface area contributed by atoms with E-state index in [-0.39, 0.29) is 6.04 Å². The zero-order chi connectivity index (χ0) is 13.8. The molecule has 104 valence electrons. The van der Waals surface area contributed by atoms with Crippen LogP contribution in [0.2, 0.25) is 4.34 Å². The Morgan fingerprint density at radius 3 is 2.74 bits per heavy atom. The monoisotopic (exact) mass is 300 g/mol. The lowest BCUT2D eigenvalue weighted by atomic mass is 10.3. The second-order valence-corrected chi connectivity index (χ2v) is 6.29. The Bertz CT molecular complexity index is 525. The lowest BCUT2D eigenvalue weighted by Crippen LogP contribution is -2.21. The maximum atomic E-state index is 5.91. The summed E-state index contributed by atoms with van der Waals surface area (Å²) in [5, 5.41) is 14.3. The molecule has 1 atom stereocenters. The summed E-state index contributed by atoms with van der Waals surface area (Å²) in [6, 6.07) is 4.77. The quantitative estimate of drug-likeness (QED) is 0.855. The molecule has 0 aromatic carbocycles. The number of thiophene rings is 1. The summed E-state index contributed by atoms with van der Waals surface area (Å²) < 4.78 is 6.28. The fourth-order valence-electron chi connectivity index (χ4n) is 1.49. The van der Waals surface area contributed by atoms with Gasteiger partial charge in [-0.15, -0.1) is 16.4 Å². The lowest BCUT2D eigenvalue weighted by molar-refractivity contribution is 0.456. The average Bonchev–Trinajstić information content (AvgIpc) is 2.95. The highest BCUT2D eigenvalue weighted by molar-refractivity contribution is 7.16. The first-order valence-electron chi connectivity index (χ1n) is 6.12. The van der Waals surface area contributed by atoms with Crippen LogP contribution in [0.15, 0.2) is 16.5 Å². The van der Waals surface area contributed by atoms with Crippen molar-refractivity contribution in [3.63, 3.8) is 0 Å². The van der Waals surface area contributed by atoms with Crippen molar-refractivity contribution in [1.82, 2.24) is 15.5 Å². The van der Waals surface area contributed by atoms with E-state index >= 15 is 0 Å². The van der Waals surface area contributed by atoms with Crippen molar-refractivity contribution in [3.05, 3.63) is 27.2 Å². The van der Waals surface area contributed by atoms with Gasteiger partial charge in [-0.25, -0.2) is 0 Å². The molecule has 0 radical (unpaired) electrons. The lowest BCUT2D eigenvalue weighted by Gasteiger charge is -2.08. The maximum Gasteiger partial charge on any atom is 0.316 e. The molecule has 1 unspecified atom stereocenters. The number of aromatic nitrogens is 2. The second kappa shape index (κ2) is 6.36. The minimum Gasteiger partial charge on any atom is -0.407 e. The minimum atomic E-state index is 0.0869. The van der Waals surface area contributed by atoms with E-state index in [0.29, 0.717) is 24.5 Å². The van der Waals surface area contributed by atoms with Gasteiger partial charge in [0.05, 0.1) is 16.9 Å². The van der Waals surface area contributed by atoms with Gasteiger partial charge in [0.2, 0.25) is 5.89 Å². The van der Waals surface area contributed by atoms with Gasteiger partial charge < -0.3 is 15.1 Å². The molecular weight excluding hydrogens is 284 g/mol. The first-order chi connectivity index (χ1) is 9.04. The van der Waals surface area contributed by atoms with Crippen LogP contribution in [0.4, 0.5) is 6.01 Å². The van der Waals surface area contributed by atoms with Gasteiger partial charge in [0.25, 0.3) is 0 Å². The molecule has 0 saturated carbocycles. The van der Waals surface area contributed by atoms with Crippen LogP contribution >= 0.6 is 22.9 Å². The molecule has 5 nitrogen and oxygen atoms in total. The third-order valence-corrected chi connectivity index (χ3v) is 3.90. The predicted molar refractivity (Wildman–Crippen MR) is 77.6 cm³/mol. The Labute approximate surface area is 121 Å². The van der Waals surface area contributed by atoms with Crippen LogP contribution in [0.5, 0.6) is 0 Å². The molecule has 0 aliphatic carbocycles. The molecule has 19 heavy (non-hydrogen) atoms. The summed E-state index contributed by atoms with van der Waals surface area (Å²) in [6.07, 6.45) is 0. The summed E-state index contributed by atoms with van der Waals surface area (Å²) in [7, 11) is 0. The number of anilines is 1. The molecular formula is C12H17ClN4OS. The van der Waals surface area contributed by atoms with Crippen LogP contribution in [0.25, 0.3) is 0 Å². The van der Waals surface area contributed by atoms with Crippen LogP contribution in [-0.2, 0) is 6.54 Å². The van der Waals surface area contributed by atoms with Crippen molar-refractivity contribution in [2.45, 2.75) is 39.4 Å². The van der Waals surface area contributed by atoms with Crippen LogP contribution in [0.1, 0.15) is 37.6 Å². The van der Waals surface area contributed by atoms with E-state index in [2.05, 4.69) is 34.7 Å². The van der Waals surface area contributed by atoms with Gasteiger partial charge in [0, 0.05) is 10.9 Å². The molecule has 2 rings (SSSR count). The van der Waals surface area contributed by atoms with Crippen molar-refractivity contribution in [2.75, 3.05) is 5.32 Å². The van der Waals surface area contributed by atoms with E-state index in [1.807, 2.05) is 19.1 Å². The number of hydrogen-bond donors (Lipinski definition) is 2. The van der Waals surface area contributed by atoms with Gasteiger partial charge in [-0.3, -0.25) is 0 Å². The topological polar surface area (TPSA) is 63.0 Å². The van der Waals surface area contributed by atoms with Crippen LogP contribution in [0.3, 0.4) is 0 Å². The standard InChI is InChI=1S/C12H17ClN4OS/c1-7(2)14-6-11-16-17-12(18-11)15-8(3)9-4-5-10(13)19-9/h4-5,7-8,14H,6H2,1-3H3,(H,15,17). The first-order valence-corrected chi connectivity index (χ1v) is 7.31. The van der Waals surface area contributed by atoms with Gasteiger partial charge in [-0.05, 0) is 19.1 Å². The fourth-order valence-corrected chi connectivity index (χ4v) is 2.56. The van der Waals surface area contributed by atoms with E-state index in [0.717, 1.165) is 9.21 Å². The average molecular weight is 301 g/mol. The summed E-state index contributed by atoms with van der Waals surface area (Å²) in [5.41, 5.74) is 0. The Kier molecular flexibility index (Phi) is 4.79. The first kappa shape index (κ1) is 14.3. The van der Waals surface area contributed by atoms with Gasteiger partial charge in [0.15, 0.2) is 0 Å². The highest BCUT2D eigenvalue weighted by Gasteiger charge is 2.12. The number of halogens is 1. The Morgan fingerprint density at radius 1 is 1.32 bits per heavy atom. The minimum absolute atomic E-state index is 0.0869. The zero-order valence-electron chi connectivity index (χ0n) is 11.1. The van der Waals surface area contributed by atoms with Crippen molar-refractivity contribution in [1.29, 1.82) is 0 Å². The van der Waals surface area contributed by atoms with E-state index in [4.69, 9.17) is 16.0 Å². The number of hydrogen-bond acceptors (Lipinski definition) is 6. The van der Waals surface area contributed by atoms with Crippen molar-refractivity contribution >= 4 is 29.0 Å². The fraction of sp³-hybridized carbons (Fsp3) is 0.500. The zero-order valence-corrected chi connectivity index (χ0v) is 12.7. The summed E-state index contributed by atoms with van der Waals surface area (Å²) in [6.45, 7) is 6.74. The van der Waals surface area contributed by atoms with Crippen molar-refractivity contribution in [3.8, 4) is 0 Å². The number of nitrogens with one attached hydrogen (secondary N) is 2. The van der Waals surface area contributed by atoms with Crippen molar-refractivity contribution < 1.29 is 4.42 Å². The third kappa shape index (κ3) is 4.19. The second-order valence-electron chi connectivity index (χ2n) is 4.54. The van der Waals surface area contributed by atoms with Gasteiger partial charge in [0.1, 0.15) is 0 Å². The summed E-state index contributed by atoms with van der Waals surface area (Å²) in [5.74, 6) is 0.576. The molecule has 0 fully saturated rings. The van der Waals surface area contributed by atoms with Gasteiger partial charge in [-0.2, -0.15) is 0 Å². The largest absolute Gasteiger partial charge is 0.407 e. The van der Waals surface area contributed by atoms with Crippen molar-refractivity contribution in [2.24, 2.45) is 0 Å². The van der Waals surface area contributed by atoms with Gasteiger partial charge in [-0.1, -0.05) is 30.5 Å². The Morgan fingerprint density at radius 2 is 2.11 bits per heavy atom. The molecule has 2 aromatic rings. The normalized spacial score (nSPS) is 12.9. The smallest absolute Gasteiger partial charge is 0.316 e. The molecule has 2 aromatic heterocycles. The predicted octanol–water partition coefficient (Wildman–Crippen LogP) is 3.46.